The van der Waals surface area contributed by atoms with E-state index in [-0.39, 0.29) is 38.7 Å². The second-order valence-electron chi connectivity index (χ2n) is 9.28. The van der Waals surface area contributed by atoms with Crippen LogP contribution in [-0.2, 0) is 19.3 Å². The van der Waals surface area contributed by atoms with Crippen LogP contribution in [0.2, 0.25) is 0 Å². The van der Waals surface area contributed by atoms with Crippen LogP contribution in [0, 0.1) is 6.92 Å². The second-order valence-corrected chi connectivity index (χ2v) is 10.3. The molecule has 224 valence electrons. The number of carbonyl (C=O) groups is 2. The molecule has 0 radical (unpaired) electrons. The molecule has 1 aromatic carbocycles. The lowest BCUT2D eigenvalue weighted by atomic mass is 10.0. The van der Waals surface area contributed by atoms with Gasteiger partial charge >= 0.3 is 6.18 Å². The highest BCUT2D eigenvalue weighted by Crippen LogP contribution is 2.44. The molecule has 0 spiro atoms. The summed E-state index contributed by atoms with van der Waals surface area (Å²) in [5.74, 6) is -0.211. The lowest BCUT2D eigenvalue weighted by molar-refractivity contribution is -0.140. The number of aryl methyl sites for hydroxylation is 1. The number of amides is 2. The standard InChI is InChI=1S/C29H26F3N5O5S/c1-4-37-15(3)20(13-34-37)19-12-22(29(30,31)32)35-28-23(19)24(25(43-28)26(33)38)36-27(39)21-11-10-18(42-21)14-41-17-8-6-16(7-9-17)40-5-2/h6-13H,4-5,14H2,1-3H3,(H2,33,38)(H,36,39). The monoisotopic (exact) mass is 613 g/mol. The molecule has 4 aromatic heterocycles. The molecule has 5 aromatic rings. The van der Waals surface area contributed by atoms with E-state index in [4.69, 9.17) is 19.6 Å². The van der Waals surface area contributed by atoms with Crippen molar-refractivity contribution >= 4 is 39.1 Å². The highest BCUT2D eigenvalue weighted by molar-refractivity contribution is 7.21. The molecule has 0 fully saturated rings. The smallest absolute Gasteiger partial charge is 0.433 e. The number of hydrogen-bond donors (Lipinski definition) is 2. The molecule has 14 heteroatoms. The lowest BCUT2D eigenvalue weighted by Crippen LogP contribution is -2.16. The van der Waals surface area contributed by atoms with Gasteiger partial charge in [0.05, 0.1) is 18.5 Å². The zero-order valence-corrected chi connectivity index (χ0v) is 24.1. The minimum Gasteiger partial charge on any atom is -0.494 e. The Morgan fingerprint density at radius 2 is 1.77 bits per heavy atom. The van der Waals surface area contributed by atoms with E-state index < -0.39 is 23.7 Å². The van der Waals surface area contributed by atoms with Gasteiger partial charge in [0, 0.05) is 23.2 Å². The Morgan fingerprint density at radius 3 is 2.37 bits per heavy atom. The summed E-state index contributed by atoms with van der Waals surface area (Å²) in [6.07, 6.45) is -3.33. The number of fused-ring (bicyclic) bond motifs is 1. The fourth-order valence-corrected chi connectivity index (χ4v) is 5.49. The van der Waals surface area contributed by atoms with Gasteiger partial charge in [-0.3, -0.25) is 14.3 Å². The number of carbonyl (C=O) groups excluding carboxylic acids is 2. The third-order valence-corrected chi connectivity index (χ3v) is 7.61. The number of ether oxygens (including phenoxy) is 2. The van der Waals surface area contributed by atoms with Gasteiger partial charge in [0.2, 0.25) is 0 Å². The number of rotatable bonds is 10. The Balaban J connectivity index is 1.48. The van der Waals surface area contributed by atoms with Crippen molar-refractivity contribution in [2.75, 3.05) is 11.9 Å². The fourth-order valence-electron chi connectivity index (χ4n) is 4.48. The number of nitrogens with one attached hydrogen (secondary N) is 1. The number of anilines is 1. The zero-order chi connectivity index (χ0) is 30.9. The number of aromatic nitrogens is 3. The molecule has 0 bridgehead atoms. The first-order valence-electron chi connectivity index (χ1n) is 13.1. The van der Waals surface area contributed by atoms with Crippen LogP contribution in [-0.4, -0.2) is 33.2 Å². The lowest BCUT2D eigenvalue weighted by Gasteiger charge is -2.12. The van der Waals surface area contributed by atoms with E-state index in [1.807, 2.05) is 13.8 Å². The third kappa shape index (κ3) is 6.04. The van der Waals surface area contributed by atoms with Crippen molar-refractivity contribution in [3.05, 3.63) is 76.4 Å². The zero-order valence-electron chi connectivity index (χ0n) is 23.2. The number of alkyl halides is 3. The Labute approximate surface area is 247 Å². The molecular weight excluding hydrogens is 587 g/mol. The Morgan fingerprint density at radius 1 is 1.07 bits per heavy atom. The average molecular weight is 614 g/mol. The van der Waals surface area contributed by atoms with E-state index in [0.717, 1.165) is 6.07 Å². The molecule has 2 amide bonds. The number of pyridine rings is 1. The summed E-state index contributed by atoms with van der Waals surface area (Å²) in [5.41, 5.74) is 5.44. The van der Waals surface area contributed by atoms with E-state index in [2.05, 4.69) is 15.4 Å². The third-order valence-electron chi connectivity index (χ3n) is 6.51. The second kappa shape index (κ2) is 11.8. The van der Waals surface area contributed by atoms with Crippen LogP contribution in [0.25, 0.3) is 21.3 Å². The van der Waals surface area contributed by atoms with Crippen molar-refractivity contribution in [3.63, 3.8) is 0 Å². The SMILES string of the molecule is CCOc1ccc(OCc2ccc(C(=O)Nc3c(C(N)=O)sc4nc(C(F)(F)F)cc(-c5cnn(CC)c5C)c34)o2)cc1. The molecule has 5 rings (SSSR count). The number of furan rings is 1. The van der Waals surface area contributed by atoms with E-state index in [0.29, 0.717) is 53.0 Å². The van der Waals surface area contributed by atoms with Gasteiger partial charge in [0.25, 0.3) is 11.8 Å². The van der Waals surface area contributed by atoms with Crippen molar-refractivity contribution in [1.82, 2.24) is 14.8 Å². The van der Waals surface area contributed by atoms with Crippen LogP contribution in [0.1, 0.15) is 51.2 Å². The Hall–Kier alpha value is -4.85. The minimum atomic E-state index is -4.77. The average Bonchev–Trinajstić information content (AvgIpc) is 3.69. The molecule has 43 heavy (non-hydrogen) atoms. The number of primary amides is 1. The van der Waals surface area contributed by atoms with Crippen LogP contribution in [0.5, 0.6) is 11.5 Å². The van der Waals surface area contributed by atoms with Crippen LogP contribution >= 0.6 is 11.3 Å². The first-order valence-corrected chi connectivity index (χ1v) is 13.9. The van der Waals surface area contributed by atoms with Crippen molar-refractivity contribution in [2.24, 2.45) is 5.73 Å². The van der Waals surface area contributed by atoms with E-state index >= 15 is 0 Å². The predicted octanol–water partition coefficient (Wildman–Crippen LogP) is 6.43. The summed E-state index contributed by atoms with van der Waals surface area (Å²) in [4.78, 5) is 29.2. The maximum Gasteiger partial charge on any atom is 0.433 e. The van der Waals surface area contributed by atoms with Gasteiger partial charge in [-0.2, -0.15) is 18.3 Å². The summed E-state index contributed by atoms with van der Waals surface area (Å²) in [6.45, 7) is 6.47. The number of halogens is 3. The summed E-state index contributed by atoms with van der Waals surface area (Å²) < 4.78 is 59.9. The summed E-state index contributed by atoms with van der Waals surface area (Å²) in [6, 6.07) is 10.8. The summed E-state index contributed by atoms with van der Waals surface area (Å²) in [7, 11) is 0. The highest BCUT2D eigenvalue weighted by Gasteiger charge is 2.35. The van der Waals surface area contributed by atoms with Gasteiger partial charge in [-0.1, -0.05) is 0 Å². The van der Waals surface area contributed by atoms with Crippen LogP contribution in [0.3, 0.4) is 0 Å². The topological polar surface area (TPSA) is 134 Å². The normalized spacial score (nSPS) is 11.6. The molecular formula is C29H26F3N5O5S. The molecule has 0 saturated carbocycles. The first-order chi connectivity index (χ1) is 20.5. The van der Waals surface area contributed by atoms with Gasteiger partial charge < -0.3 is 24.9 Å². The Bertz CT molecular complexity index is 1810. The molecule has 0 aliphatic carbocycles. The molecule has 0 atom stereocenters. The molecule has 0 unspecified atom stereocenters. The summed E-state index contributed by atoms with van der Waals surface area (Å²) in [5, 5.41) is 7.00. The number of hydrogen-bond acceptors (Lipinski definition) is 8. The Kier molecular flexibility index (Phi) is 8.13. The molecule has 0 aliphatic heterocycles. The van der Waals surface area contributed by atoms with Crippen molar-refractivity contribution in [2.45, 2.75) is 40.1 Å². The largest absolute Gasteiger partial charge is 0.494 e. The van der Waals surface area contributed by atoms with Crippen LogP contribution in [0.15, 0.2) is 53.1 Å². The van der Waals surface area contributed by atoms with Gasteiger partial charge in [-0.25, -0.2) is 4.98 Å². The van der Waals surface area contributed by atoms with E-state index in [9.17, 15) is 22.8 Å². The maximum atomic E-state index is 13.8. The van der Waals surface area contributed by atoms with Crippen LogP contribution in [0.4, 0.5) is 18.9 Å². The van der Waals surface area contributed by atoms with E-state index in [1.54, 1.807) is 41.9 Å². The van der Waals surface area contributed by atoms with Gasteiger partial charge in [0.1, 0.15) is 39.3 Å². The highest BCUT2D eigenvalue weighted by atomic mass is 32.1. The quantitative estimate of drug-likeness (QED) is 0.185. The van der Waals surface area contributed by atoms with Crippen molar-refractivity contribution in [1.29, 1.82) is 0 Å². The van der Waals surface area contributed by atoms with Crippen molar-refractivity contribution < 1.29 is 36.7 Å². The van der Waals surface area contributed by atoms with Gasteiger partial charge in [0.15, 0.2) is 5.76 Å². The fraction of sp³-hybridized carbons (Fsp3) is 0.241. The molecule has 10 nitrogen and oxygen atoms in total. The number of nitrogens with zero attached hydrogens (tertiary/aromatic N) is 3. The molecule has 4 heterocycles. The number of thiophene rings is 1. The van der Waals surface area contributed by atoms with Crippen molar-refractivity contribution in [3.8, 4) is 22.6 Å². The molecule has 3 N–H and O–H groups in total. The summed E-state index contributed by atoms with van der Waals surface area (Å²) >= 11 is 0.654. The minimum absolute atomic E-state index is 0.0180. The van der Waals surface area contributed by atoms with Gasteiger partial charge in [-0.15, -0.1) is 11.3 Å². The maximum absolute atomic E-state index is 13.8. The first kappa shape index (κ1) is 29.6. The predicted molar refractivity (Wildman–Crippen MR) is 153 cm³/mol. The molecule has 0 aliphatic rings. The van der Waals surface area contributed by atoms with E-state index in [1.165, 1.54) is 12.3 Å². The number of benzene rings is 1. The van der Waals surface area contributed by atoms with Gasteiger partial charge in [-0.05, 0) is 68.8 Å². The molecule has 0 saturated heterocycles. The van der Waals surface area contributed by atoms with Crippen LogP contribution < -0.4 is 20.5 Å². The number of nitrogens with two attached hydrogens (primary N) is 1.